The van der Waals surface area contributed by atoms with Gasteiger partial charge in [-0.05, 0) is 119 Å². The van der Waals surface area contributed by atoms with Crippen LogP contribution in [-0.4, -0.2) is 129 Å². The molecule has 6 heterocycles. The summed E-state index contributed by atoms with van der Waals surface area (Å²) >= 11 is 0. The summed E-state index contributed by atoms with van der Waals surface area (Å²) in [5, 5.41) is 48.2. The van der Waals surface area contributed by atoms with Crippen molar-refractivity contribution in [3.8, 4) is 28.7 Å². The first kappa shape index (κ1) is 72.6. The van der Waals surface area contributed by atoms with Gasteiger partial charge in [-0.1, -0.05) is 78.3 Å². The van der Waals surface area contributed by atoms with Crippen molar-refractivity contribution in [1.82, 2.24) is 25.8 Å². The van der Waals surface area contributed by atoms with E-state index in [2.05, 4.69) is 31.5 Å². The minimum absolute atomic E-state index is 0.0418. The molecular weight excluding hydrogens is 1260 g/mol. The number of hydrogen-bond donors (Lipinski definition) is 9. The third kappa shape index (κ3) is 16.7. The number of ether oxygens (including phenoxy) is 3. The van der Waals surface area contributed by atoms with Crippen LogP contribution in [0.2, 0.25) is 0 Å². The van der Waals surface area contributed by atoms with Gasteiger partial charge in [-0.15, -0.1) is 0 Å². The monoisotopic (exact) mass is 1350 g/mol. The Hall–Kier alpha value is -9.62. The maximum Gasteiger partial charge on any atom is 0.312 e. The first-order valence-electron chi connectivity index (χ1n) is 33.8. The first-order chi connectivity index (χ1) is 46.7. The number of urea groups is 1. The molecule has 0 radical (unpaired) electrons. The van der Waals surface area contributed by atoms with Crippen LogP contribution in [0.3, 0.4) is 0 Å². The molecule has 9 atom stereocenters. The van der Waals surface area contributed by atoms with Crippen LogP contribution in [0.5, 0.6) is 17.2 Å². The number of imide groups is 1. The van der Waals surface area contributed by atoms with Crippen LogP contribution < -0.4 is 52.1 Å². The van der Waals surface area contributed by atoms with Gasteiger partial charge in [0.15, 0.2) is 17.1 Å². The number of rotatable bonds is 20. The lowest BCUT2D eigenvalue weighted by atomic mass is 9.81. The van der Waals surface area contributed by atoms with Gasteiger partial charge in [-0.3, -0.25) is 43.3 Å². The van der Waals surface area contributed by atoms with Crippen molar-refractivity contribution in [2.24, 2.45) is 35.3 Å². The molecule has 1 aliphatic carbocycles. The predicted molar refractivity (Wildman–Crippen MR) is 369 cm³/mol. The fraction of sp³-hybridized carbons (Fsp3) is 0.479. The Bertz CT molecular complexity index is 4000. The second-order valence-corrected chi connectivity index (χ2v) is 26.9. The number of hydrogen-bond acceptors (Lipinski definition) is 18. The molecule has 0 saturated carbocycles. The van der Waals surface area contributed by atoms with Crippen LogP contribution in [0.4, 0.5) is 21.9 Å². The maximum absolute atomic E-state index is 15.3. The Balaban J connectivity index is 1.02. The molecule has 10 N–H and O–H groups in total. The number of primary amides is 1. The van der Waals surface area contributed by atoms with Gasteiger partial charge in [0.1, 0.15) is 47.1 Å². The van der Waals surface area contributed by atoms with Gasteiger partial charge >= 0.3 is 11.8 Å². The fourth-order valence-corrected chi connectivity index (χ4v) is 13.0. The van der Waals surface area contributed by atoms with Gasteiger partial charge in [0.05, 0.1) is 29.4 Å². The molecule has 6 aliphatic heterocycles. The lowest BCUT2D eigenvalue weighted by molar-refractivity contribution is -0.137. The number of ketones is 1. The van der Waals surface area contributed by atoms with Gasteiger partial charge in [-0.25, -0.2) is 9.78 Å². The maximum atomic E-state index is 15.3. The second-order valence-electron chi connectivity index (χ2n) is 26.9. The van der Waals surface area contributed by atoms with Crippen LogP contribution in [0, 0.1) is 36.5 Å². The van der Waals surface area contributed by atoms with Gasteiger partial charge in [0.25, 0.3) is 23.5 Å². The average Bonchev–Trinajstić information content (AvgIpc) is 1.36. The second kappa shape index (κ2) is 31.7. The van der Waals surface area contributed by atoms with E-state index in [0.717, 1.165) is 24.2 Å². The Morgan fingerprint density at radius 3 is 2.27 bits per heavy atom. The summed E-state index contributed by atoms with van der Waals surface area (Å²) in [7, 11) is 0. The molecule has 10 rings (SSSR count). The number of nitrogens with zero attached hydrogens (tertiary/aromatic N) is 3. The Kier molecular flexibility index (Phi) is 23.5. The van der Waals surface area contributed by atoms with Crippen molar-refractivity contribution in [1.29, 1.82) is 0 Å². The zero-order valence-electron chi connectivity index (χ0n) is 57.1. The number of carbonyl (C=O) groups is 8. The summed E-state index contributed by atoms with van der Waals surface area (Å²) in [6.07, 6.45) is 14.5. The number of aromatic nitrogens is 1. The summed E-state index contributed by atoms with van der Waals surface area (Å²) in [5.41, 5.74) is 6.01. The van der Waals surface area contributed by atoms with E-state index < -0.39 is 76.7 Å². The van der Waals surface area contributed by atoms with Gasteiger partial charge < -0.3 is 71.2 Å². The predicted octanol–water partition coefficient (Wildman–Crippen LogP) is 8.85. The topological polar surface area (TPSA) is 361 Å². The molecule has 8 amide bonds. The Labute approximate surface area is 569 Å². The number of phenols is 1. The number of amides is 8. The van der Waals surface area contributed by atoms with Crippen LogP contribution in [0.15, 0.2) is 93.9 Å². The molecule has 98 heavy (non-hydrogen) atoms. The molecule has 25 nitrogen and oxygen atoms in total. The molecule has 7 aliphatic rings. The van der Waals surface area contributed by atoms with Crippen molar-refractivity contribution in [3.63, 3.8) is 0 Å². The zero-order chi connectivity index (χ0) is 70.9. The van der Waals surface area contributed by atoms with Gasteiger partial charge in [0, 0.05) is 97.6 Å². The van der Waals surface area contributed by atoms with Crippen molar-refractivity contribution in [3.05, 3.63) is 112 Å². The number of benzene rings is 4. The number of piperidine rings is 1. The van der Waals surface area contributed by atoms with E-state index >= 15 is 9.59 Å². The van der Waals surface area contributed by atoms with E-state index in [0.29, 0.717) is 62.1 Å². The Morgan fingerprint density at radius 1 is 0.867 bits per heavy atom. The minimum atomic E-state index is -2.03. The summed E-state index contributed by atoms with van der Waals surface area (Å²) in [4.78, 5) is 130. The molecule has 524 valence electrons. The number of nitrogens with two attached hydrogens (primary N) is 1. The number of fused-ring (bicyclic) bond motifs is 14. The van der Waals surface area contributed by atoms with E-state index in [4.69, 9.17) is 29.3 Å². The third-order valence-electron chi connectivity index (χ3n) is 18.9. The van der Waals surface area contributed by atoms with E-state index in [1.165, 1.54) is 32.3 Å². The number of Topliss-reactive ketones (excluding diaryl/α,β-unsaturated/α-hetero) is 1. The number of aromatic hydroxyl groups is 1. The molecule has 3 aromatic rings. The molecule has 1 fully saturated rings. The Morgan fingerprint density at radius 2 is 1.57 bits per heavy atom. The average molecular weight is 1350 g/mol. The smallest absolute Gasteiger partial charge is 0.312 e. The van der Waals surface area contributed by atoms with E-state index in [9.17, 15) is 48.9 Å². The highest BCUT2D eigenvalue weighted by Crippen LogP contribution is 2.51. The van der Waals surface area contributed by atoms with E-state index in [-0.39, 0.29) is 148 Å². The molecule has 1 saturated heterocycles. The van der Waals surface area contributed by atoms with Crippen LogP contribution >= 0.6 is 0 Å². The minimum Gasteiger partial charge on any atom is -0.507 e. The highest BCUT2D eigenvalue weighted by Gasteiger charge is 2.50. The molecule has 0 aromatic heterocycles. The van der Waals surface area contributed by atoms with Crippen LogP contribution in [-0.2, 0) is 40.1 Å². The number of phenolic OH excluding ortho intramolecular Hbond substituents is 1. The molecule has 0 spiro atoms. The number of aliphatic hydroxyl groups is 2. The summed E-state index contributed by atoms with van der Waals surface area (Å²) in [6, 6.07) is 7.43. The van der Waals surface area contributed by atoms with E-state index in [1.54, 1.807) is 75.4 Å². The SMILES string of the molecule is C/C1=C/C=C/[C@H](C)[C@H](O)[C@@H](C)C[C@@H](C)[C@H](O)[C@H](C)C/C=C/O[C@@]2(C)Oc3c(C)c(O)c4c(=O)c(c5oc6cc(N7CCCCC7)cc(OCc7ccc(NC(=O)[C@H](CCCNC(N)=O)NC(=O)[C@@H](NC(=O)CCCCCN8C(=O)C=CC8=O)C(C)C)cc7)c6nc-5c4c3C2=O)NC1=O. The lowest BCUT2D eigenvalue weighted by Gasteiger charge is -2.30. The normalized spacial score (nSPS) is 23.4. The summed E-state index contributed by atoms with van der Waals surface area (Å²) in [6.45, 7) is 17.3. The highest BCUT2D eigenvalue weighted by molar-refractivity contribution is 6.22. The number of allylic oxidation sites excluding steroid dienone is 3. The molecule has 5 bridgehead atoms. The largest absolute Gasteiger partial charge is 0.507 e. The highest BCUT2D eigenvalue weighted by atomic mass is 16.7. The summed E-state index contributed by atoms with van der Waals surface area (Å²) < 4.78 is 26.0. The number of nitrogens with one attached hydrogen (secondary N) is 5. The van der Waals surface area contributed by atoms with Crippen LogP contribution in [0.25, 0.3) is 33.3 Å². The number of unbranched alkanes of at least 4 members (excludes halogenated alkanes) is 2. The number of carbonyl (C=O) groups excluding carboxylic acids is 8. The lowest BCUT2D eigenvalue weighted by Crippen LogP contribution is -2.54. The van der Waals surface area contributed by atoms with Crippen LogP contribution in [0.1, 0.15) is 148 Å². The van der Waals surface area contributed by atoms with Crippen molar-refractivity contribution in [2.75, 3.05) is 41.7 Å². The van der Waals surface area contributed by atoms with Crippen molar-refractivity contribution >= 4 is 86.2 Å². The fourth-order valence-electron chi connectivity index (χ4n) is 13.0. The van der Waals surface area contributed by atoms with Gasteiger partial charge in [-0.2, -0.15) is 0 Å². The molecular formula is C73H91N9O16. The number of anilines is 3. The molecule has 25 heteroatoms. The van der Waals surface area contributed by atoms with Crippen molar-refractivity contribution < 1.29 is 72.3 Å². The number of aliphatic hydroxyl groups excluding tert-OH is 2. The van der Waals surface area contributed by atoms with E-state index in [1.807, 2.05) is 33.8 Å². The molecule has 0 unspecified atom stereocenters. The summed E-state index contributed by atoms with van der Waals surface area (Å²) in [5.74, 6) is -7.75. The zero-order valence-corrected chi connectivity index (χ0v) is 57.1. The standard InChI is InChI=1S/C73H91N9O16/c1-39(2)58(78-52(83)23-12-10-15-33-82-53(84)28-29-54(82)85)71(93)77-49(22-17-30-75-72(74)94)70(92)76-47-26-24-46(25-27-47)38-95-50-36-48(81-31-13-11-14-32-81)37-51-59(50)79-60-55-56-64(88)45(8)66-57(55)68(90)73(9,98-66)96-34-18-21-41(4)63(87)44(7)35-43(6)62(86)40(3)19-16-20-42(5)69(91)80-61(65(56)89)67(60)97-51/h16,18-20,24-29,34,36-37,39-41,43-44,49,58,62-63,86-88H,10-15,17,21-23,30-33,35,38H2,1-9H3,(H,76,92)(H,77,93)(H,78,83)(H,80,91)(H3,74,75,94)/b19-16+,34-18+,42-20-/t40-,41+,43-,44+,49-,58-,62-,63+,73-/m0/s1. The van der Waals surface area contributed by atoms with Gasteiger partial charge in [0.2, 0.25) is 23.2 Å². The van der Waals surface area contributed by atoms with Crippen molar-refractivity contribution in [2.45, 2.75) is 170 Å². The third-order valence-corrected chi connectivity index (χ3v) is 18.9. The quantitative estimate of drug-likeness (QED) is 0.0152. The first-order valence-corrected chi connectivity index (χ1v) is 33.8. The molecule has 3 aromatic carbocycles.